The van der Waals surface area contributed by atoms with Crippen molar-refractivity contribution in [3.8, 4) is 0 Å². The molecule has 3 N–H and O–H groups in total. The van der Waals surface area contributed by atoms with Crippen molar-refractivity contribution in [2.75, 3.05) is 11.9 Å². The third kappa shape index (κ3) is 6.73. The molecule has 6 heteroatoms. The van der Waals surface area contributed by atoms with E-state index in [0.29, 0.717) is 23.2 Å². The summed E-state index contributed by atoms with van der Waals surface area (Å²) >= 11 is 5.73. The van der Waals surface area contributed by atoms with Gasteiger partial charge in [-0.3, -0.25) is 0 Å². The number of carbonyl (C=O) groups is 1. The van der Waals surface area contributed by atoms with Gasteiger partial charge in [-0.2, -0.15) is 0 Å². The topological polar surface area (TPSA) is 74.2 Å². The molecule has 0 aliphatic carbocycles. The van der Waals surface area contributed by atoms with E-state index in [1.807, 2.05) is 0 Å². The molecule has 1 heterocycles. The summed E-state index contributed by atoms with van der Waals surface area (Å²) in [6, 6.07) is 2.82. The molecule has 112 valence electrons. The van der Waals surface area contributed by atoms with Gasteiger partial charge in [-0.05, 0) is 37.8 Å². The smallest absolute Gasteiger partial charge is 0.319 e. The van der Waals surface area contributed by atoms with Crippen molar-refractivity contribution in [2.24, 2.45) is 5.92 Å². The van der Waals surface area contributed by atoms with Gasteiger partial charge in [-0.1, -0.05) is 25.4 Å². The van der Waals surface area contributed by atoms with Gasteiger partial charge >= 0.3 is 6.03 Å². The van der Waals surface area contributed by atoms with Crippen LogP contribution in [0, 0.1) is 5.92 Å². The van der Waals surface area contributed by atoms with Crippen molar-refractivity contribution in [1.82, 2.24) is 10.3 Å². The second-order valence-corrected chi connectivity index (χ2v) is 5.99. The number of rotatable bonds is 6. The molecule has 2 amide bonds. The summed E-state index contributed by atoms with van der Waals surface area (Å²) in [6.45, 7) is 6.12. The first-order chi connectivity index (χ1) is 9.28. The summed E-state index contributed by atoms with van der Waals surface area (Å²) in [4.78, 5) is 15.5. The van der Waals surface area contributed by atoms with Gasteiger partial charge in [0.1, 0.15) is 5.15 Å². The van der Waals surface area contributed by atoms with E-state index in [2.05, 4.69) is 29.5 Å². The number of nitrogens with one attached hydrogen (secondary N) is 2. The Hall–Kier alpha value is -1.33. The number of carbonyl (C=O) groups excluding carboxylic acids is 1. The van der Waals surface area contributed by atoms with Crippen LogP contribution in [-0.2, 0) is 0 Å². The zero-order chi connectivity index (χ0) is 15.2. The van der Waals surface area contributed by atoms with Crippen molar-refractivity contribution in [3.63, 3.8) is 0 Å². The van der Waals surface area contributed by atoms with Gasteiger partial charge in [0, 0.05) is 18.4 Å². The fourth-order valence-electron chi connectivity index (χ4n) is 1.61. The molecule has 1 atom stereocenters. The van der Waals surface area contributed by atoms with Gasteiger partial charge < -0.3 is 15.7 Å². The van der Waals surface area contributed by atoms with Gasteiger partial charge in [-0.15, -0.1) is 0 Å². The molecule has 0 fully saturated rings. The van der Waals surface area contributed by atoms with Gasteiger partial charge in [0.25, 0.3) is 0 Å². The van der Waals surface area contributed by atoms with Crippen LogP contribution in [0.25, 0.3) is 0 Å². The number of aliphatic hydroxyl groups is 1. The third-order valence-corrected chi connectivity index (χ3v) is 3.08. The van der Waals surface area contributed by atoms with Crippen molar-refractivity contribution >= 4 is 23.3 Å². The van der Waals surface area contributed by atoms with Crippen LogP contribution in [0.2, 0.25) is 5.15 Å². The highest BCUT2D eigenvalue weighted by molar-refractivity contribution is 6.29. The van der Waals surface area contributed by atoms with Gasteiger partial charge in [-0.25, -0.2) is 9.78 Å². The van der Waals surface area contributed by atoms with E-state index in [4.69, 9.17) is 11.6 Å². The Morgan fingerprint density at radius 1 is 1.55 bits per heavy atom. The van der Waals surface area contributed by atoms with Crippen molar-refractivity contribution < 1.29 is 9.90 Å². The molecular weight excluding hydrogens is 278 g/mol. The van der Waals surface area contributed by atoms with E-state index in [1.165, 1.54) is 6.20 Å². The predicted molar refractivity (Wildman–Crippen MR) is 81.0 cm³/mol. The maximum atomic E-state index is 11.7. The molecule has 1 unspecified atom stereocenters. The summed E-state index contributed by atoms with van der Waals surface area (Å²) in [5, 5.41) is 15.7. The molecule has 0 saturated carbocycles. The van der Waals surface area contributed by atoms with Gasteiger partial charge in [0.05, 0.1) is 5.60 Å². The first-order valence-electron chi connectivity index (χ1n) is 6.67. The van der Waals surface area contributed by atoms with E-state index in [9.17, 15) is 9.90 Å². The van der Waals surface area contributed by atoms with E-state index in [-0.39, 0.29) is 12.6 Å². The minimum atomic E-state index is -0.905. The van der Waals surface area contributed by atoms with Gasteiger partial charge in [0.2, 0.25) is 0 Å². The average molecular weight is 300 g/mol. The lowest BCUT2D eigenvalue weighted by Gasteiger charge is -2.24. The summed E-state index contributed by atoms with van der Waals surface area (Å²) < 4.78 is 0. The maximum Gasteiger partial charge on any atom is 0.319 e. The Kier molecular flexibility index (Phi) is 6.23. The molecule has 0 spiro atoms. The zero-order valence-electron chi connectivity index (χ0n) is 12.1. The van der Waals surface area contributed by atoms with E-state index in [0.717, 1.165) is 6.42 Å². The highest BCUT2D eigenvalue weighted by Gasteiger charge is 2.21. The standard InChI is InChI=1S/C14H22ClN3O2/c1-10(2)4-6-14(3,20)9-17-13(19)18-11-5-7-16-12(15)8-11/h5,7-8,10,20H,4,6,9H2,1-3H3,(H2,16,17,18,19). The lowest BCUT2D eigenvalue weighted by molar-refractivity contribution is 0.0481. The molecule has 0 aromatic carbocycles. The quantitative estimate of drug-likeness (QED) is 0.707. The fourth-order valence-corrected chi connectivity index (χ4v) is 1.79. The van der Waals surface area contributed by atoms with Crippen LogP contribution in [0.1, 0.15) is 33.6 Å². The van der Waals surface area contributed by atoms with Crippen LogP contribution in [-0.4, -0.2) is 28.3 Å². The van der Waals surface area contributed by atoms with Crippen molar-refractivity contribution in [1.29, 1.82) is 0 Å². The summed E-state index contributed by atoms with van der Waals surface area (Å²) in [5.74, 6) is 0.522. The van der Waals surface area contributed by atoms with Gasteiger partial charge in [0.15, 0.2) is 0 Å². The van der Waals surface area contributed by atoms with E-state index < -0.39 is 5.60 Å². The maximum absolute atomic E-state index is 11.7. The number of aromatic nitrogens is 1. The lowest BCUT2D eigenvalue weighted by atomic mass is 9.95. The molecule has 0 radical (unpaired) electrons. The van der Waals surface area contributed by atoms with Crippen LogP contribution in [0.3, 0.4) is 0 Å². The number of pyridine rings is 1. The summed E-state index contributed by atoms with van der Waals surface area (Å²) in [5.41, 5.74) is -0.346. The Labute approximate surface area is 124 Å². The van der Waals surface area contributed by atoms with Crippen LogP contribution in [0.4, 0.5) is 10.5 Å². The van der Waals surface area contributed by atoms with Crippen LogP contribution in [0.15, 0.2) is 18.3 Å². The van der Waals surface area contributed by atoms with Crippen LogP contribution >= 0.6 is 11.6 Å². The lowest BCUT2D eigenvalue weighted by Crippen LogP contribution is -2.42. The normalized spacial score (nSPS) is 13.9. The van der Waals surface area contributed by atoms with Crippen molar-refractivity contribution in [2.45, 2.75) is 39.2 Å². The predicted octanol–water partition coefficient (Wildman–Crippen LogP) is 3.04. The Morgan fingerprint density at radius 3 is 2.85 bits per heavy atom. The second kappa shape index (κ2) is 7.45. The van der Waals surface area contributed by atoms with E-state index in [1.54, 1.807) is 19.1 Å². The SMILES string of the molecule is CC(C)CCC(C)(O)CNC(=O)Nc1ccnc(Cl)c1. The largest absolute Gasteiger partial charge is 0.388 e. The molecular formula is C14H22ClN3O2. The number of nitrogens with zero attached hydrogens (tertiary/aromatic N) is 1. The third-order valence-electron chi connectivity index (χ3n) is 2.87. The molecule has 0 bridgehead atoms. The van der Waals surface area contributed by atoms with Crippen LogP contribution in [0.5, 0.6) is 0 Å². The number of urea groups is 1. The molecule has 1 aromatic rings. The average Bonchev–Trinajstić information content (AvgIpc) is 2.34. The number of amides is 2. The zero-order valence-corrected chi connectivity index (χ0v) is 12.9. The Morgan fingerprint density at radius 2 is 2.25 bits per heavy atom. The first-order valence-corrected chi connectivity index (χ1v) is 7.05. The fraction of sp³-hybridized carbons (Fsp3) is 0.571. The van der Waals surface area contributed by atoms with Crippen molar-refractivity contribution in [3.05, 3.63) is 23.5 Å². The monoisotopic (exact) mass is 299 g/mol. The number of hydrogen-bond acceptors (Lipinski definition) is 3. The number of anilines is 1. The highest BCUT2D eigenvalue weighted by atomic mass is 35.5. The highest BCUT2D eigenvalue weighted by Crippen LogP contribution is 2.16. The summed E-state index contributed by atoms with van der Waals surface area (Å²) in [7, 11) is 0. The minimum Gasteiger partial charge on any atom is -0.388 e. The summed E-state index contributed by atoms with van der Waals surface area (Å²) in [6.07, 6.45) is 3.07. The molecule has 0 aliphatic rings. The molecule has 1 rings (SSSR count). The molecule has 0 aliphatic heterocycles. The number of halogens is 1. The minimum absolute atomic E-state index is 0.199. The first kappa shape index (κ1) is 16.7. The Bertz CT molecular complexity index is 450. The molecule has 5 nitrogen and oxygen atoms in total. The molecule has 1 aromatic heterocycles. The van der Waals surface area contributed by atoms with Crippen LogP contribution < -0.4 is 10.6 Å². The molecule has 20 heavy (non-hydrogen) atoms. The second-order valence-electron chi connectivity index (χ2n) is 5.60. The number of hydrogen-bond donors (Lipinski definition) is 3. The molecule has 0 saturated heterocycles. The van der Waals surface area contributed by atoms with E-state index >= 15 is 0 Å². The Balaban J connectivity index is 2.39.